The van der Waals surface area contributed by atoms with Crippen molar-refractivity contribution in [1.29, 1.82) is 0 Å². The van der Waals surface area contributed by atoms with E-state index in [1.54, 1.807) is 6.92 Å². The minimum Gasteiger partial charge on any atom is -0.434 e. The number of hydrogen-bond acceptors (Lipinski definition) is 3. The molecule has 1 aromatic carbocycles. The molecule has 0 heterocycles. The molecule has 0 bridgehead atoms. The molecular weight excluding hydrogens is 306 g/mol. The van der Waals surface area contributed by atoms with Crippen LogP contribution in [-0.4, -0.2) is 30.4 Å². The zero-order valence-corrected chi connectivity index (χ0v) is 12.2. The number of alkyl halides is 2. The van der Waals surface area contributed by atoms with Crippen LogP contribution in [0.25, 0.3) is 0 Å². The number of aliphatic hydroxyl groups is 1. The second-order valence-electron chi connectivity index (χ2n) is 4.37. The van der Waals surface area contributed by atoms with E-state index >= 15 is 0 Å². The van der Waals surface area contributed by atoms with E-state index in [4.69, 9.17) is 16.7 Å². The lowest BCUT2D eigenvalue weighted by Gasteiger charge is -2.15. The van der Waals surface area contributed by atoms with Gasteiger partial charge in [-0.15, -0.1) is 0 Å². The monoisotopic (exact) mass is 322 g/mol. The first-order valence-corrected chi connectivity index (χ1v) is 6.68. The lowest BCUT2D eigenvalue weighted by Crippen LogP contribution is -2.40. The molecule has 0 aliphatic rings. The second kappa shape index (κ2) is 8.63. The lowest BCUT2D eigenvalue weighted by atomic mass is 10.2. The Labute approximate surface area is 126 Å². The number of ether oxygens (including phenoxy) is 1. The van der Waals surface area contributed by atoms with Crippen LogP contribution in [0.3, 0.4) is 0 Å². The van der Waals surface area contributed by atoms with Crippen molar-refractivity contribution in [2.45, 2.75) is 32.5 Å². The average molecular weight is 323 g/mol. The van der Waals surface area contributed by atoms with Crippen molar-refractivity contribution in [1.82, 2.24) is 10.6 Å². The molecule has 118 valence electrons. The highest BCUT2D eigenvalue weighted by molar-refractivity contribution is 6.30. The fourth-order valence-electron chi connectivity index (χ4n) is 1.61. The molecule has 1 atom stereocenters. The zero-order valence-electron chi connectivity index (χ0n) is 11.4. The van der Waals surface area contributed by atoms with E-state index in [0.717, 1.165) is 0 Å². The molecule has 0 unspecified atom stereocenters. The SMILES string of the molecule is C[C@H](CCO)NC(=O)NCc1cc(Cl)ccc1OC(F)F. The van der Waals surface area contributed by atoms with Gasteiger partial charge in [0.2, 0.25) is 0 Å². The van der Waals surface area contributed by atoms with Gasteiger partial charge in [-0.2, -0.15) is 8.78 Å². The predicted octanol–water partition coefficient (Wildman–Crippen LogP) is 2.51. The van der Waals surface area contributed by atoms with Gasteiger partial charge in [-0.05, 0) is 31.5 Å². The molecule has 3 N–H and O–H groups in total. The number of carbonyl (C=O) groups is 1. The minimum atomic E-state index is -2.96. The molecule has 2 amide bonds. The first-order chi connectivity index (χ1) is 9.92. The van der Waals surface area contributed by atoms with Gasteiger partial charge in [0.25, 0.3) is 0 Å². The van der Waals surface area contributed by atoms with Gasteiger partial charge in [-0.3, -0.25) is 0 Å². The maximum atomic E-state index is 12.3. The average Bonchev–Trinajstić information content (AvgIpc) is 2.38. The fourth-order valence-corrected chi connectivity index (χ4v) is 1.81. The van der Waals surface area contributed by atoms with Gasteiger partial charge in [0.1, 0.15) is 5.75 Å². The summed E-state index contributed by atoms with van der Waals surface area (Å²) < 4.78 is 28.9. The maximum absolute atomic E-state index is 12.3. The van der Waals surface area contributed by atoms with Crippen molar-refractivity contribution in [3.05, 3.63) is 28.8 Å². The topological polar surface area (TPSA) is 70.6 Å². The van der Waals surface area contributed by atoms with Crippen LogP contribution in [0.15, 0.2) is 18.2 Å². The molecule has 0 saturated heterocycles. The Bertz CT molecular complexity index is 475. The summed E-state index contributed by atoms with van der Waals surface area (Å²) in [5.74, 6) is -0.0434. The molecule has 0 saturated carbocycles. The Kier molecular flexibility index (Phi) is 7.18. The van der Waals surface area contributed by atoms with Crippen LogP contribution in [0.4, 0.5) is 13.6 Å². The molecule has 0 spiro atoms. The molecule has 5 nitrogen and oxygen atoms in total. The summed E-state index contributed by atoms with van der Waals surface area (Å²) in [6.07, 6.45) is 0.421. The van der Waals surface area contributed by atoms with Crippen LogP contribution in [0, 0.1) is 0 Å². The molecule has 1 rings (SSSR count). The maximum Gasteiger partial charge on any atom is 0.387 e. The van der Waals surface area contributed by atoms with E-state index in [-0.39, 0.29) is 24.9 Å². The number of carbonyl (C=O) groups excluding carboxylic acids is 1. The number of amides is 2. The minimum absolute atomic E-state index is 0.0136. The fraction of sp³-hybridized carbons (Fsp3) is 0.462. The molecule has 21 heavy (non-hydrogen) atoms. The zero-order chi connectivity index (χ0) is 15.8. The van der Waals surface area contributed by atoms with Gasteiger partial charge >= 0.3 is 12.6 Å². The third-order valence-electron chi connectivity index (χ3n) is 2.62. The number of rotatable bonds is 7. The summed E-state index contributed by atoms with van der Waals surface area (Å²) in [6.45, 7) is -1.27. The summed E-state index contributed by atoms with van der Waals surface area (Å²) >= 11 is 5.80. The summed E-state index contributed by atoms with van der Waals surface area (Å²) in [4.78, 5) is 11.6. The van der Waals surface area contributed by atoms with Gasteiger partial charge in [0, 0.05) is 29.8 Å². The lowest BCUT2D eigenvalue weighted by molar-refractivity contribution is -0.0504. The van der Waals surface area contributed by atoms with Crippen molar-refractivity contribution in [3.8, 4) is 5.75 Å². The highest BCUT2D eigenvalue weighted by Gasteiger charge is 2.12. The number of nitrogens with one attached hydrogen (secondary N) is 2. The van der Waals surface area contributed by atoms with E-state index in [0.29, 0.717) is 17.0 Å². The molecule has 0 aliphatic heterocycles. The quantitative estimate of drug-likeness (QED) is 0.722. The van der Waals surface area contributed by atoms with Crippen LogP contribution < -0.4 is 15.4 Å². The van der Waals surface area contributed by atoms with Crippen LogP contribution in [0.5, 0.6) is 5.75 Å². The Morgan fingerprint density at radius 1 is 1.48 bits per heavy atom. The van der Waals surface area contributed by atoms with E-state index in [2.05, 4.69) is 15.4 Å². The predicted molar refractivity (Wildman–Crippen MR) is 74.6 cm³/mol. The Balaban J connectivity index is 2.61. The van der Waals surface area contributed by atoms with Gasteiger partial charge in [-0.1, -0.05) is 11.6 Å². The van der Waals surface area contributed by atoms with E-state index < -0.39 is 12.6 Å². The Hall–Kier alpha value is -1.60. The number of aliphatic hydroxyl groups excluding tert-OH is 1. The molecule has 1 aromatic rings. The summed E-state index contributed by atoms with van der Waals surface area (Å²) in [5, 5.41) is 14.2. The molecular formula is C13H17ClF2N2O3. The van der Waals surface area contributed by atoms with Gasteiger partial charge < -0.3 is 20.5 Å². The molecule has 0 aromatic heterocycles. The number of hydrogen-bond donors (Lipinski definition) is 3. The largest absolute Gasteiger partial charge is 0.434 e. The second-order valence-corrected chi connectivity index (χ2v) is 4.81. The van der Waals surface area contributed by atoms with Gasteiger partial charge in [0.05, 0.1) is 0 Å². The van der Waals surface area contributed by atoms with Crippen molar-refractivity contribution in [2.24, 2.45) is 0 Å². The third-order valence-corrected chi connectivity index (χ3v) is 2.85. The van der Waals surface area contributed by atoms with Crippen LogP contribution in [-0.2, 0) is 6.54 Å². The Morgan fingerprint density at radius 2 is 2.19 bits per heavy atom. The molecule has 0 radical (unpaired) electrons. The van der Waals surface area contributed by atoms with E-state index in [1.807, 2.05) is 0 Å². The first kappa shape index (κ1) is 17.5. The van der Waals surface area contributed by atoms with Crippen molar-refractivity contribution in [3.63, 3.8) is 0 Å². The van der Waals surface area contributed by atoms with Gasteiger partial charge in [-0.25, -0.2) is 4.79 Å². The molecule has 0 fully saturated rings. The number of benzene rings is 1. The van der Waals surface area contributed by atoms with E-state index in [1.165, 1.54) is 18.2 Å². The van der Waals surface area contributed by atoms with Crippen LogP contribution >= 0.6 is 11.6 Å². The standard InChI is InChI=1S/C13H17ClF2N2O3/c1-8(4-5-19)18-13(20)17-7-9-6-10(14)2-3-11(9)21-12(15)16/h2-3,6,8,12,19H,4-5,7H2,1H3,(H2,17,18,20)/t8-/m1/s1. The molecule has 8 heteroatoms. The highest BCUT2D eigenvalue weighted by Crippen LogP contribution is 2.24. The smallest absolute Gasteiger partial charge is 0.387 e. The summed E-state index contributed by atoms with van der Waals surface area (Å²) in [7, 11) is 0. The Morgan fingerprint density at radius 3 is 2.81 bits per heavy atom. The number of urea groups is 1. The van der Waals surface area contributed by atoms with Crippen molar-refractivity contribution >= 4 is 17.6 Å². The van der Waals surface area contributed by atoms with Gasteiger partial charge in [0.15, 0.2) is 0 Å². The normalized spacial score (nSPS) is 12.1. The molecule has 0 aliphatic carbocycles. The van der Waals surface area contributed by atoms with E-state index in [9.17, 15) is 13.6 Å². The summed E-state index contributed by atoms with van der Waals surface area (Å²) in [6, 6.07) is 3.51. The first-order valence-electron chi connectivity index (χ1n) is 6.31. The highest BCUT2D eigenvalue weighted by atomic mass is 35.5. The third kappa shape index (κ3) is 6.59. The number of halogens is 3. The van der Waals surface area contributed by atoms with Crippen molar-refractivity contribution in [2.75, 3.05) is 6.61 Å². The van der Waals surface area contributed by atoms with Crippen LogP contribution in [0.1, 0.15) is 18.9 Å². The van der Waals surface area contributed by atoms with Crippen LogP contribution in [0.2, 0.25) is 5.02 Å². The summed E-state index contributed by atoms with van der Waals surface area (Å²) in [5.41, 5.74) is 0.341. The van der Waals surface area contributed by atoms with Crippen molar-refractivity contribution < 1.29 is 23.4 Å².